The highest BCUT2D eigenvalue weighted by Gasteiger charge is 2.08. The SMILES string of the molecule is CCOc1ccccc1NC(=S)NC(=O)Cc1ccc(Cl)cc1. The predicted molar refractivity (Wildman–Crippen MR) is 97.1 cm³/mol. The summed E-state index contributed by atoms with van der Waals surface area (Å²) in [6, 6.07) is 14.5. The summed E-state index contributed by atoms with van der Waals surface area (Å²) < 4.78 is 5.50. The lowest BCUT2D eigenvalue weighted by atomic mass is 10.1. The Morgan fingerprint density at radius 2 is 1.87 bits per heavy atom. The third-order valence-electron chi connectivity index (χ3n) is 2.97. The molecule has 0 saturated heterocycles. The number of anilines is 1. The number of carbonyl (C=O) groups excluding carboxylic acids is 1. The zero-order valence-corrected chi connectivity index (χ0v) is 14.2. The third kappa shape index (κ3) is 5.54. The van der Waals surface area contributed by atoms with Gasteiger partial charge in [0.25, 0.3) is 0 Å². The first-order valence-electron chi connectivity index (χ1n) is 7.15. The number of carbonyl (C=O) groups is 1. The summed E-state index contributed by atoms with van der Waals surface area (Å²) in [6.45, 7) is 2.46. The maximum absolute atomic E-state index is 12.0. The van der Waals surface area contributed by atoms with E-state index in [4.69, 9.17) is 28.6 Å². The molecule has 0 aliphatic carbocycles. The van der Waals surface area contributed by atoms with E-state index in [1.807, 2.05) is 43.3 Å². The van der Waals surface area contributed by atoms with Crippen LogP contribution in [0.15, 0.2) is 48.5 Å². The molecule has 0 unspecified atom stereocenters. The summed E-state index contributed by atoms with van der Waals surface area (Å²) in [5.41, 5.74) is 1.58. The lowest BCUT2D eigenvalue weighted by molar-refractivity contribution is -0.119. The van der Waals surface area contributed by atoms with Crippen LogP contribution in [0.4, 0.5) is 5.69 Å². The normalized spacial score (nSPS) is 10.0. The molecule has 0 radical (unpaired) electrons. The monoisotopic (exact) mass is 348 g/mol. The molecular formula is C17H17ClN2O2S. The molecule has 2 N–H and O–H groups in total. The first kappa shape index (κ1) is 17.2. The average molecular weight is 349 g/mol. The van der Waals surface area contributed by atoms with Crippen LogP contribution >= 0.6 is 23.8 Å². The molecule has 0 fully saturated rings. The standard InChI is InChI=1S/C17H17ClN2O2S/c1-2-22-15-6-4-3-5-14(15)19-17(23)20-16(21)11-12-7-9-13(18)10-8-12/h3-10H,2,11H2,1H3,(H2,19,20,21,23). The van der Waals surface area contributed by atoms with Gasteiger partial charge in [-0.2, -0.15) is 0 Å². The van der Waals surface area contributed by atoms with Crippen LogP contribution in [-0.2, 0) is 11.2 Å². The van der Waals surface area contributed by atoms with Gasteiger partial charge in [-0.15, -0.1) is 0 Å². The van der Waals surface area contributed by atoms with E-state index in [9.17, 15) is 4.79 Å². The summed E-state index contributed by atoms with van der Waals surface area (Å²) in [5.74, 6) is 0.489. The van der Waals surface area contributed by atoms with Gasteiger partial charge in [0.05, 0.1) is 18.7 Å². The van der Waals surface area contributed by atoms with Crippen LogP contribution < -0.4 is 15.4 Å². The summed E-state index contributed by atoms with van der Waals surface area (Å²) in [6.07, 6.45) is 0.228. The second-order valence-corrected chi connectivity index (χ2v) is 5.58. The van der Waals surface area contributed by atoms with Gasteiger partial charge in [0, 0.05) is 5.02 Å². The Balaban J connectivity index is 1.91. The van der Waals surface area contributed by atoms with Crippen molar-refractivity contribution in [3.05, 3.63) is 59.1 Å². The van der Waals surface area contributed by atoms with Gasteiger partial charge in [0.15, 0.2) is 5.11 Å². The van der Waals surface area contributed by atoms with Gasteiger partial charge in [-0.3, -0.25) is 4.79 Å². The van der Waals surface area contributed by atoms with Crippen LogP contribution in [0.5, 0.6) is 5.75 Å². The van der Waals surface area contributed by atoms with Crippen LogP contribution in [0.2, 0.25) is 5.02 Å². The Bertz CT molecular complexity index is 689. The summed E-state index contributed by atoms with van der Waals surface area (Å²) in [4.78, 5) is 12.0. The number of hydrogen-bond acceptors (Lipinski definition) is 3. The number of rotatable bonds is 5. The second kappa shape index (κ2) is 8.50. The number of para-hydroxylation sites is 2. The Kier molecular flexibility index (Phi) is 6.38. The maximum atomic E-state index is 12.0. The van der Waals surface area contributed by atoms with Gasteiger partial charge in [-0.25, -0.2) is 0 Å². The first-order valence-corrected chi connectivity index (χ1v) is 7.94. The van der Waals surface area contributed by atoms with E-state index in [0.717, 1.165) is 5.56 Å². The molecule has 1 amide bonds. The van der Waals surface area contributed by atoms with Crippen LogP contribution in [-0.4, -0.2) is 17.6 Å². The van der Waals surface area contributed by atoms with Crippen LogP contribution in [0.3, 0.4) is 0 Å². The van der Waals surface area contributed by atoms with E-state index in [0.29, 0.717) is 23.1 Å². The second-order valence-electron chi connectivity index (χ2n) is 4.73. The van der Waals surface area contributed by atoms with Gasteiger partial charge < -0.3 is 15.4 Å². The molecule has 0 spiro atoms. The summed E-state index contributed by atoms with van der Waals surface area (Å²) >= 11 is 11.0. The van der Waals surface area contributed by atoms with E-state index < -0.39 is 0 Å². The summed E-state index contributed by atoms with van der Waals surface area (Å²) in [5, 5.41) is 6.50. The zero-order valence-electron chi connectivity index (χ0n) is 12.6. The highest BCUT2D eigenvalue weighted by atomic mass is 35.5. The van der Waals surface area contributed by atoms with E-state index in [1.165, 1.54) is 0 Å². The topological polar surface area (TPSA) is 50.4 Å². The Morgan fingerprint density at radius 1 is 1.17 bits per heavy atom. The predicted octanol–water partition coefficient (Wildman–Crippen LogP) is 3.79. The van der Waals surface area contributed by atoms with Crippen molar-refractivity contribution in [2.24, 2.45) is 0 Å². The Morgan fingerprint density at radius 3 is 2.57 bits per heavy atom. The minimum absolute atomic E-state index is 0.196. The van der Waals surface area contributed by atoms with Gasteiger partial charge in [-0.05, 0) is 49.0 Å². The van der Waals surface area contributed by atoms with Crippen molar-refractivity contribution in [1.29, 1.82) is 0 Å². The number of nitrogens with one attached hydrogen (secondary N) is 2. The number of ether oxygens (including phenoxy) is 1. The van der Waals surface area contributed by atoms with Crippen molar-refractivity contribution >= 4 is 40.5 Å². The van der Waals surface area contributed by atoms with E-state index in [2.05, 4.69) is 10.6 Å². The molecule has 2 rings (SSSR count). The van der Waals surface area contributed by atoms with E-state index in [1.54, 1.807) is 12.1 Å². The molecule has 0 heterocycles. The fourth-order valence-electron chi connectivity index (χ4n) is 1.96. The largest absolute Gasteiger partial charge is 0.492 e. The van der Waals surface area contributed by atoms with Gasteiger partial charge in [0.1, 0.15) is 5.75 Å². The molecule has 2 aromatic carbocycles. The lowest BCUT2D eigenvalue weighted by Gasteiger charge is -2.13. The molecular weight excluding hydrogens is 332 g/mol. The quantitative estimate of drug-likeness (QED) is 0.807. The molecule has 120 valence electrons. The fourth-order valence-corrected chi connectivity index (χ4v) is 2.31. The van der Waals surface area contributed by atoms with Gasteiger partial charge >= 0.3 is 0 Å². The zero-order chi connectivity index (χ0) is 16.7. The van der Waals surface area contributed by atoms with Crippen molar-refractivity contribution in [3.8, 4) is 5.75 Å². The smallest absolute Gasteiger partial charge is 0.230 e. The number of thiocarbonyl (C=S) groups is 1. The minimum atomic E-state index is -0.196. The molecule has 4 nitrogen and oxygen atoms in total. The fraction of sp³-hybridized carbons (Fsp3) is 0.176. The van der Waals surface area contributed by atoms with Gasteiger partial charge in [-0.1, -0.05) is 35.9 Å². The first-order chi connectivity index (χ1) is 11.1. The van der Waals surface area contributed by atoms with Crippen molar-refractivity contribution in [3.63, 3.8) is 0 Å². The molecule has 6 heteroatoms. The van der Waals surface area contributed by atoms with Crippen LogP contribution in [0.1, 0.15) is 12.5 Å². The van der Waals surface area contributed by atoms with Crippen LogP contribution in [0, 0.1) is 0 Å². The number of benzene rings is 2. The third-order valence-corrected chi connectivity index (χ3v) is 3.42. The molecule has 0 aliphatic heterocycles. The average Bonchev–Trinajstić information content (AvgIpc) is 2.51. The number of halogens is 1. The van der Waals surface area contributed by atoms with Crippen molar-refractivity contribution < 1.29 is 9.53 Å². The maximum Gasteiger partial charge on any atom is 0.230 e. The molecule has 0 atom stereocenters. The van der Waals surface area contributed by atoms with Crippen molar-refractivity contribution in [2.75, 3.05) is 11.9 Å². The Labute approximate surface area is 145 Å². The van der Waals surface area contributed by atoms with Crippen molar-refractivity contribution in [2.45, 2.75) is 13.3 Å². The van der Waals surface area contributed by atoms with Crippen molar-refractivity contribution in [1.82, 2.24) is 5.32 Å². The molecule has 0 aromatic heterocycles. The lowest BCUT2D eigenvalue weighted by Crippen LogP contribution is -2.35. The molecule has 23 heavy (non-hydrogen) atoms. The molecule has 0 bridgehead atoms. The van der Waals surface area contributed by atoms with E-state index >= 15 is 0 Å². The number of hydrogen-bond donors (Lipinski definition) is 2. The van der Waals surface area contributed by atoms with Crippen LogP contribution in [0.25, 0.3) is 0 Å². The van der Waals surface area contributed by atoms with E-state index in [-0.39, 0.29) is 17.4 Å². The summed E-state index contributed by atoms with van der Waals surface area (Å²) in [7, 11) is 0. The highest BCUT2D eigenvalue weighted by molar-refractivity contribution is 7.80. The minimum Gasteiger partial charge on any atom is -0.492 e. The van der Waals surface area contributed by atoms with Gasteiger partial charge in [0.2, 0.25) is 5.91 Å². The number of amides is 1. The highest BCUT2D eigenvalue weighted by Crippen LogP contribution is 2.23. The molecule has 2 aromatic rings. The molecule has 0 aliphatic rings. The molecule has 0 saturated carbocycles. The Hall–Kier alpha value is -2.11.